The first-order valence-electron chi connectivity index (χ1n) is 9.73. The number of hydrogen-bond donors (Lipinski definition) is 1. The molecule has 0 fully saturated rings. The van der Waals surface area contributed by atoms with Crippen molar-refractivity contribution in [1.29, 1.82) is 0 Å². The zero-order valence-electron chi connectivity index (χ0n) is 17.1. The highest BCUT2D eigenvalue weighted by molar-refractivity contribution is 7.92. The predicted molar refractivity (Wildman–Crippen MR) is 120 cm³/mol. The predicted octanol–water partition coefficient (Wildman–Crippen LogP) is 2.51. The molecule has 3 aromatic rings. The minimum atomic E-state index is -4.02. The number of hydrogen-bond acceptors (Lipinski definition) is 7. The molecule has 1 aliphatic heterocycles. The molecular weight excluding hydrogens is 432 g/mol. The number of carbonyl (C=O) groups excluding carboxylic acids is 2. The van der Waals surface area contributed by atoms with Gasteiger partial charge in [-0.05, 0) is 42.5 Å². The molecule has 9 nitrogen and oxygen atoms in total. The number of fused-ring (bicyclic) bond motifs is 1. The average Bonchev–Trinajstić information content (AvgIpc) is 2.84. The van der Waals surface area contributed by atoms with E-state index in [2.05, 4.69) is 10.3 Å². The lowest BCUT2D eigenvalue weighted by Gasteiger charge is -2.29. The first kappa shape index (κ1) is 21.3. The van der Waals surface area contributed by atoms with Crippen molar-refractivity contribution in [3.05, 3.63) is 72.4 Å². The average molecular weight is 452 g/mol. The number of anilines is 3. The van der Waals surface area contributed by atoms with Crippen molar-refractivity contribution in [2.45, 2.75) is 4.90 Å². The first-order valence-corrected chi connectivity index (χ1v) is 11.2. The number of ether oxygens (including phenoxy) is 1. The van der Waals surface area contributed by atoms with Gasteiger partial charge in [0, 0.05) is 18.9 Å². The summed E-state index contributed by atoms with van der Waals surface area (Å²) in [6.07, 6.45) is 1.85. The molecule has 0 atom stereocenters. The normalized spacial score (nSPS) is 13.0. The van der Waals surface area contributed by atoms with Gasteiger partial charge in [0.2, 0.25) is 6.41 Å². The van der Waals surface area contributed by atoms with Crippen LogP contribution in [0.3, 0.4) is 0 Å². The molecule has 0 radical (unpaired) electrons. The van der Waals surface area contributed by atoms with E-state index in [9.17, 15) is 18.0 Å². The molecule has 4 rings (SSSR count). The highest BCUT2D eigenvalue weighted by Crippen LogP contribution is 2.33. The lowest BCUT2D eigenvalue weighted by molar-refractivity contribution is -0.106. The molecule has 2 aromatic carbocycles. The van der Waals surface area contributed by atoms with Crippen LogP contribution in [0.25, 0.3) is 0 Å². The summed E-state index contributed by atoms with van der Waals surface area (Å²) < 4.78 is 33.4. The van der Waals surface area contributed by atoms with Gasteiger partial charge in [-0.1, -0.05) is 18.2 Å². The minimum Gasteiger partial charge on any atom is -0.488 e. The molecule has 32 heavy (non-hydrogen) atoms. The Morgan fingerprint density at radius 2 is 1.97 bits per heavy atom. The number of pyridine rings is 1. The van der Waals surface area contributed by atoms with E-state index in [0.717, 1.165) is 9.21 Å². The SMILES string of the molecule is CNc1ccccc1C(=O)N(C=O)c1cccc(S(=O)(=O)N2CCOc3cccnc32)c1. The molecule has 0 saturated carbocycles. The van der Waals surface area contributed by atoms with Crippen LogP contribution in [-0.2, 0) is 14.8 Å². The molecule has 0 bridgehead atoms. The number of nitrogens with zero attached hydrogens (tertiary/aromatic N) is 3. The van der Waals surface area contributed by atoms with Crippen molar-refractivity contribution < 1.29 is 22.7 Å². The van der Waals surface area contributed by atoms with E-state index in [4.69, 9.17) is 4.74 Å². The summed E-state index contributed by atoms with van der Waals surface area (Å²) >= 11 is 0. The monoisotopic (exact) mass is 452 g/mol. The van der Waals surface area contributed by atoms with E-state index in [1.807, 2.05) is 0 Å². The topological polar surface area (TPSA) is 109 Å². The number of para-hydroxylation sites is 1. The Labute approximate surface area is 185 Å². The standard InChI is InChI=1S/C22H20N4O5S/c1-23-19-9-3-2-8-18(19)22(28)25(15-27)16-6-4-7-17(14-16)32(29,30)26-12-13-31-20-10-5-11-24-21(20)26/h2-11,14-15,23H,12-13H2,1H3. The van der Waals surface area contributed by atoms with E-state index >= 15 is 0 Å². The quantitative estimate of drug-likeness (QED) is 0.573. The Hall–Kier alpha value is -3.92. The van der Waals surface area contributed by atoms with Crippen LogP contribution in [0, 0.1) is 0 Å². The van der Waals surface area contributed by atoms with Crippen LogP contribution < -0.4 is 19.3 Å². The smallest absolute Gasteiger partial charge is 0.266 e. The van der Waals surface area contributed by atoms with Gasteiger partial charge in [-0.2, -0.15) is 0 Å². The molecule has 2 heterocycles. The van der Waals surface area contributed by atoms with Crippen molar-refractivity contribution in [2.24, 2.45) is 0 Å². The van der Waals surface area contributed by atoms with Gasteiger partial charge in [-0.25, -0.2) is 22.6 Å². The van der Waals surface area contributed by atoms with Crippen molar-refractivity contribution in [3.8, 4) is 5.75 Å². The number of sulfonamides is 1. The Morgan fingerprint density at radius 3 is 2.75 bits per heavy atom. The number of amides is 2. The summed E-state index contributed by atoms with van der Waals surface area (Å²) in [5.74, 6) is -0.0276. The largest absolute Gasteiger partial charge is 0.488 e. The van der Waals surface area contributed by atoms with Gasteiger partial charge in [0.1, 0.15) is 6.61 Å². The third-order valence-electron chi connectivity index (χ3n) is 4.97. The van der Waals surface area contributed by atoms with Crippen LogP contribution in [-0.4, -0.2) is 45.9 Å². The first-order chi connectivity index (χ1) is 15.5. The molecule has 0 spiro atoms. The summed E-state index contributed by atoms with van der Waals surface area (Å²) in [5.41, 5.74) is 0.956. The van der Waals surface area contributed by atoms with Crippen molar-refractivity contribution in [1.82, 2.24) is 4.98 Å². The van der Waals surface area contributed by atoms with Crippen LogP contribution in [0.2, 0.25) is 0 Å². The number of benzene rings is 2. The van der Waals surface area contributed by atoms with Gasteiger partial charge in [0.05, 0.1) is 22.7 Å². The maximum Gasteiger partial charge on any atom is 0.266 e. The number of rotatable bonds is 6. The number of aromatic nitrogens is 1. The molecular formula is C22H20N4O5S. The molecule has 0 unspecified atom stereocenters. The number of nitrogens with one attached hydrogen (secondary N) is 1. The van der Waals surface area contributed by atoms with Gasteiger partial charge in [-0.15, -0.1) is 0 Å². The molecule has 164 valence electrons. The lowest BCUT2D eigenvalue weighted by Crippen LogP contribution is -2.38. The molecule has 0 aliphatic carbocycles. The molecule has 10 heteroatoms. The van der Waals surface area contributed by atoms with Crippen LogP contribution in [0.5, 0.6) is 5.75 Å². The fourth-order valence-electron chi connectivity index (χ4n) is 3.43. The van der Waals surface area contributed by atoms with Crippen LogP contribution in [0.4, 0.5) is 17.2 Å². The highest BCUT2D eigenvalue weighted by Gasteiger charge is 2.32. The van der Waals surface area contributed by atoms with Gasteiger partial charge in [-0.3, -0.25) is 9.59 Å². The molecule has 2 amide bonds. The van der Waals surface area contributed by atoms with E-state index < -0.39 is 15.9 Å². The highest BCUT2D eigenvalue weighted by atomic mass is 32.2. The third-order valence-corrected chi connectivity index (χ3v) is 6.76. The van der Waals surface area contributed by atoms with Crippen molar-refractivity contribution in [3.63, 3.8) is 0 Å². The Bertz CT molecular complexity index is 1280. The van der Waals surface area contributed by atoms with E-state index in [0.29, 0.717) is 17.8 Å². The van der Waals surface area contributed by atoms with Crippen LogP contribution >= 0.6 is 0 Å². The lowest BCUT2D eigenvalue weighted by atomic mass is 10.1. The van der Waals surface area contributed by atoms with Gasteiger partial charge in [0.25, 0.3) is 15.9 Å². The second kappa shape index (κ2) is 8.67. The Balaban J connectivity index is 1.72. The van der Waals surface area contributed by atoms with Gasteiger partial charge >= 0.3 is 0 Å². The fraction of sp³-hybridized carbons (Fsp3) is 0.136. The molecule has 1 aliphatic rings. The summed E-state index contributed by atoms with van der Waals surface area (Å²) in [4.78, 5) is 29.8. The Morgan fingerprint density at radius 1 is 1.16 bits per heavy atom. The zero-order chi connectivity index (χ0) is 22.7. The number of carbonyl (C=O) groups is 2. The van der Waals surface area contributed by atoms with Crippen LogP contribution in [0.15, 0.2) is 71.8 Å². The van der Waals surface area contributed by atoms with Crippen LogP contribution in [0.1, 0.15) is 10.4 Å². The van der Waals surface area contributed by atoms with Gasteiger partial charge in [0.15, 0.2) is 11.6 Å². The Kier molecular flexibility index (Phi) is 5.78. The number of imide groups is 1. The van der Waals surface area contributed by atoms with Crippen molar-refractivity contribution in [2.75, 3.05) is 34.7 Å². The maximum atomic E-state index is 13.4. The summed E-state index contributed by atoms with van der Waals surface area (Å²) in [6, 6.07) is 15.7. The van der Waals surface area contributed by atoms with Gasteiger partial charge < -0.3 is 10.1 Å². The summed E-state index contributed by atoms with van der Waals surface area (Å²) in [5, 5.41) is 2.91. The zero-order valence-corrected chi connectivity index (χ0v) is 18.0. The third kappa shape index (κ3) is 3.76. The minimum absolute atomic E-state index is 0.0740. The van der Waals surface area contributed by atoms with Crippen molar-refractivity contribution >= 4 is 39.5 Å². The molecule has 0 saturated heterocycles. The van der Waals surface area contributed by atoms with E-state index in [1.165, 1.54) is 30.5 Å². The van der Waals surface area contributed by atoms with E-state index in [-0.39, 0.29) is 35.1 Å². The molecule has 1 N–H and O–H groups in total. The van der Waals surface area contributed by atoms with E-state index in [1.54, 1.807) is 43.4 Å². The second-order valence-corrected chi connectivity index (χ2v) is 8.69. The summed E-state index contributed by atoms with van der Waals surface area (Å²) in [7, 11) is -2.35. The maximum absolute atomic E-state index is 13.4. The fourth-order valence-corrected chi connectivity index (χ4v) is 4.88. The summed E-state index contributed by atoms with van der Waals surface area (Å²) in [6.45, 7) is 0.264. The molecule has 1 aromatic heterocycles. The second-order valence-electron chi connectivity index (χ2n) is 6.82.